The number of nitrogens with zero attached hydrogens (tertiary/aromatic N) is 7. The van der Waals surface area contributed by atoms with Crippen molar-refractivity contribution >= 4 is 90.6 Å². The number of rotatable bonds is 55. The SMILES string of the molecule is C#CCCC(=O)NCCc1ccc(CCCC(CC)N(CCN(CCC)CCC)CCN(CC(=O)OCC)CC(=O)OCC)cc1.C#CCCC(=O)ON1C(=O)CCC1=O.CCCN(CCC)CCN(CCN(CC(=O)OCC)CC(=O)OCC)C(CC)CCCc1ccc(CCNC(=O)OC(C)(C)C)cc1.O=C=O.O=C=O.O=C=O.O=C=O.O=C=O.O=C=O. The van der Waals surface area contributed by atoms with Crippen LogP contribution in [0.3, 0.4) is 0 Å². The molecule has 2 aromatic carbocycles. The van der Waals surface area contributed by atoms with Crippen LogP contribution >= 0.6 is 0 Å². The van der Waals surface area contributed by atoms with E-state index in [9.17, 15) is 43.2 Å². The van der Waals surface area contributed by atoms with Crippen LogP contribution < -0.4 is 10.6 Å². The molecular formula is C89H137N9O27. The quantitative estimate of drug-likeness (QED) is 0.0293. The standard InChI is InChI=1S/C37H66N4O6.C37H62N4O5.C9H9NO4.6CO2/c1-9-23-39(24-10-2)25-27-41(28-26-40(29-34(42)45-12-4)30-35(43)46-13-5)33(11-3)16-14-15-31-17-19-32(20-18-31)21-22-38-36(44)47-37(6,7)8;1-7-13-17-35(42)38-23-22-33-20-18-32(19-21-33)15-14-16-34(10-4)41(28-26-39(24-8-2)25-9-3)29-27-40(30-36(43)45-11-5)31-37(44)46-12-6;1-2-3-4-9(13)14-10-7(11)5-6-8(10)12;6*2-1-3/h17-20,33H,9-16,21-30H2,1-8H3,(H,38,44);1,18-21,34H,8-17,22-31H2,2-6H3,(H,38,42);1H,3-6H2;;;;;;. The summed E-state index contributed by atoms with van der Waals surface area (Å²) < 4.78 is 26.1. The van der Waals surface area contributed by atoms with Crippen LogP contribution in [0.5, 0.6) is 0 Å². The van der Waals surface area contributed by atoms with Gasteiger partial charge >= 0.3 is 72.8 Å². The number of amides is 4. The lowest BCUT2D eigenvalue weighted by Gasteiger charge is -2.35. The molecule has 0 aliphatic carbocycles. The lowest BCUT2D eigenvalue weighted by molar-refractivity contribution is -0.197. The molecule has 2 unspecified atom stereocenters. The first-order chi connectivity index (χ1) is 59.9. The molecule has 2 aromatic rings. The number of benzene rings is 2. The predicted molar refractivity (Wildman–Crippen MR) is 452 cm³/mol. The fourth-order valence-corrected chi connectivity index (χ4v) is 12.3. The number of nitrogens with one attached hydrogen (secondary N) is 2. The lowest BCUT2D eigenvalue weighted by Crippen LogP contribution is -2.46. The largest absolute Gasteiger partial charge is 0.465 e. The first kappa shape index (κ1) is 125. The van der Waals surface area contributed by atoms with Gasteiger partial charge < -0.3 is 49.0 Å². The molecule has 2 N–H and O–H groups in total. The minimum atomic E-state index is -0.661. The number of ether oxygens (including phenoxy) is 5. The summed E-state index contributed by atoms with van der Waals surface area (Å²) >= 11 is 0. The summed E-state index contributed by atoms with van der Waals surface area (Å²) in [5, 5.41) is 6.27. The van der Waals surface area contributed by atoms with Crippen LogP contribution in [-0.4, -0.2) is 287 Å². The van der Waals surface area contributed by atoms with Crippen LogP contribution in [0.25, 0.3) is 0 Å². The maximum absolute atomic E-state index is 12.3. The van der Waals surface area contributed by atoms with Crippen molar-refractivity contribution in [2.24, 2.45) is 0 Å². The Kier molecular flexibility index (Phi) is 87.5. The fourth-order valence-electron chi connectivity index (χ4n) is 12.3. The van der Waals surface area contributed by atoms with Crippen LogP contribution in [0.4, 0.5) is 4.79 Å². The van der Waals surface area contributed by atoms with E-state index >= 15 is 0 Å². The van der Waals surface area contributed by atoms with Gasteiger partial charge in [0.1, 0.15) is 5.60 Å². The van der Waals surface area contributed by atoms with Crippen molar-refractivity contribution in [3.05, 3.63) is 70.8 Å². The van der Waals surface area contributed by atoms with Crippen molar-refractivity contribution in [1.82, 2.24) is 45.1 Å². The van der Waals surface area contributed by atoms with Gasteiger partial charge in [-0.1, -0.05) is 90.1 Å². The molecule has 36 heteroatoms. The molecule has 2 atom stereocenters. The normalized spacial score (nSPS) is 11.2. The molecule has 1 aliphatic heterocycles. The summed E-state index contributed by atoms with van der Waals surface area (Å²) in [6.45, 7) is 39.8. The van der Waals surface area contributed by atoms with Gasteiger partial charge in [0, 0.05) is 110 Å². The number of esters is 4. The van der Waals surface area contributed by atoms with E-state index < -0.39 is 23.4 Å². The Morgan fingerprint density at radius 2 is 0.680 bits per heavy atom. The van der Waals surface area contributed by atoms with Crippen molar-refractivity contribution in [2.75, 3.05) is 144 Å². The van der Waals surface area contributed by atoms with Crippen LogP contribution in [0.1, 0.15) is 215 Å². The number of imide groups is 1. The summed E-state index contributed by atoms with van der Waals surface area (Å²) in [5.41, 5.74) is 4.51. The summed E-state index contributed by atoms with van der Waals surface area (Å²) in [5.74, 6) is 1.85. The molecule has 1 fully saturated rings. The van der Waals surface area contributed by atoms with Crippen molar-refractivity contribution in [1.29, 1.82) is 0 Å². The van der Waals surface area contributed by atoms with E-state index in [2.05, 4.69) is 137 Å². The Balaban J connectivity index is -0.000000419. The monoisotopic (exact) mass is 1760 g/mol. The zero-order chi connectivity index (χ0) is 95.9. The van der Waals surface area contributed by atoms with Gasteiger partial charge in [0.05, 0.1) is 59.0 Å². The topological polar surface area (TPSA) is 461 Å². The number of aryl methyl sites for hydroxylation is 2. The molecule has 0 aromatic heterocycles. The molecule has 0 saturated carbocycles. The van der Waals surface area contributed by atoms with Gasteiger partial charge in [-0.3, -0.25) is 53.2 Å². The number of hydrogen-bond acceptors (Lipinski definition) is 33. The Bertz CT molecular complexity index is 3370. The molecule has 125 heavy (non-hydrogen) atoms. The van der Waals surface area contributed by atoms with Crippen molar-refractivity contribution in [3.8, 4) is 24.7 Å². The van der Waals surface area contributed by atoms with Gasteiger partial charge in [-0.05, 0) is 187 Å². The second-order valence-corrected chi connectivity index (χ2v) is 28.2. The zero-order valence-corrected chi connectivity index (χ0v) is 75.8. The third-order valence-electron chi connectivity index (χ3n) is 17.6. The highest BCUT2D eigenvalue weighted by Gasteiger charge is 2.33. The Hall–Kier alpha value is -11.2. The highest BCUT2D eigenvalue weighted by Crippen LogP contribution is 2.20. The first-order valence-corrected chi connectivity index (χ1v) is 42.2. The van der Waals surface area contributed by atoms with Crippen molar-refractivity contribution in [3.63, 3.8) is 0 Å². The highest BCUT2D eigenvalue weighted by atomic mass is 16.7. The van der Waals surface area contributed by atoms with Gasteiger partial charge in [0.15, 0.2) is 0 Å². The van der Waals surface area contributed by atoms with E-state index in [1.807, 2.05) is 30.6 Å². The number of carbonyl (C=O) groups is 9. The smallest absolute Gasteiger partial charge is 0.407 e. The van der Waals surface area contributed by atoms with E-state index in [-0.39, 0.29) is 125 Å². The molecule has 1 aliphatic rings. The molecule has 0 spiro atoms. The van der Waals surface area contributed by atoms with E-state index in [0.717, 1.165) is 155 Å². The molecular weight excluding hydrogens is 1630 g/mol. The molecule has 1 heterocycles. The van der Waals surface area contributed by atoms with Crippen LogP contribution in [-0.2, 0) is 150 Å². The summed E-state index contributed by atoms with van der Waals surface area (Å²) in [7, 11) is 0. The summed E-state index contributed by atoms with van der Waals surface area (Å²) in [4.78, 5) is 222. The minimum absolute atomic E-state index is 0.00299. The number of hydrogen-bond donors (Lipinski definition) is 2. The third-order valence-corrected chi connectivity index (χ3v) is 17.6. The van der Waals surface area contributed by atoms with Crippen LogP contribution in [0.2, 0.25) is 0 Å². The average Bonchev–Trinajstić information content (AvgIpc) is 1.73. The molecule has 0 radical (unpaired) electrons. The van der Waals surface area contributed by atoms with Crippen molar-refractivity contribution < 1.29 is 129 Å². The number of terminal acetylenes is 2. The molecule has 1 saturated heterocycles. The number of hydroxylamine groups is 2. The van der Waals surface area contributed by atoms with Crippen molar-refractivity contribution in [2.45, 2.75) is 236 Å². The summed E-state index contributed by atoms with van der Waals surface area (Å²) in [6, 6.07) is 18.2. The Morgan fingerprint density at radius 3 is 0.952 bits per heavy atom. The average molecular weight is 1770 g/mol. The maximum Gasteiger partial charge on any atom is 0.407 e. The highest BCUT2D eigenvalue weighted by molar-refractivity contribution is 6.01. The lowest BCUT2D eigenvalue weighted by atomic mass is 10.0. The minimum Gasteiger partial charge on any atom is -0.465 e. The molecule has 3 rings (SSSR count). The zero-order valence-electron chi connectivity index (χ0n) is 75.8. The van der Waals surface area contributed by atoms with E-state index in [0.29, 0.717) is 82.6 Å². The van der Waals surface area contributed by atoms with Gasteiger partial charge in [-0.2, -0.15) is 57.5 Å². The first-order valence-electron chi connectivity index (χ1n) is 42.2. The molecule has 700 valence electrons. The van der Waals surface area contributed by atoms with E-state index in [1.165, 1.54) is 22.3 Å². The third kappa shape index (κ3) is 76.2. The van der Waals surface area contributed by atoms with Crippen LogP contribution in [0, 0.1) is 24.7 Å². The maximum atomic E-state index is 12.3. The number of alkyl carbamates (subject to hydrolysis) is 1. The van der Waals surface area contributed by atoms with Gasteiger partial charge in [0.2, 0.25) is 5.91 Å². The Morgan fingerprint density at radius 1 is 0.400 bits per heavy atom. The van der Waals surface area contributed by atoms with Gasteiger partial charge in [-0.25, -0.2) is 9.59 Å². The molecule has 0 bridgehead atoms. The summed E-state index contributed by atoms with van der Waals surface area (Å²) in [6.07, 6.45) is 27.0. The second kappa shape index (κ2) is 87.7. The molecule has 4 amide bonds. The fraction of sp³-hybridized carbons (Fsp3) is 0.652. The predicted octanol–water partition coefficient (Wildman–Crippen LogP) is 6.93. The van der Waals surface area contributed by atoms with Gasteiger partial charge in [-0.15, -0.1) is 29.8 Å². The van der Waals surface area contributed by atoms with E-state index in [4.69, 9.17) is 94.1 Å². The van der Waals surface area contributed by atoms with E-state index in [1.54, 1.807) is 27.7 Å². The Labute approximate surface area is 737 Å². The van der Waals surface area contributed by atoms with Gasteiger partial charge in [0.25, 0.3) is 11.8 Å². The van der Waals surface area contributed by atoms with Crippen LogP contribution in [0.15, 0.2) is 48.5 Å². The molecule has 36 nitrogen and oxygen atoms in total. The second-order valence-electron chi connectivity index (χ2n) is 28.2. The number of carbonyl (C=O) groups excluding carboxylic acids is 21.